The number of nitrogens with one attached hydrogen (secondary N) is 1. The van der Waals surface area contributed by atoms with Gasteiger partial charge in [0.05, 0.1) is 20.8 Å². The van der Waals surface area contributed by atoms with Gasteiger partial charge in [-0.15, -0.1) is 0 Å². The smallest absolute Gasteiger partial charge is 0.251 e. The van der Waals surface area contributed by atoms with Crippen molar-refractivity contribution in [3.05, 3.63) is 23.8 Å². The summed E-state index contributed by atoms with van der Waals surface area (Å²) in [5.74, 6) is 0.779. The molecule has 0 radical (unpaired) electrons. The van der Waals surface area contributed by atoms with Crippen LogP contribution < -0.4 is 14.8 Å². The number of methoxy groups -OCH3 is 2. The van der Waals surface area contributed by atoms with Crippen LogP contribution in [0.5, 0.6) is 11.5 Å². The minimum atomic E-state index is -0.966. The molecular weight excluding hydrogens is 262 g/mol. The molecule has 1 unspecified atom stereocenters. The van der Waals surface area contributed by atoms with E-state index in [1.807, 2.05) is 0 Å². The fourth-order valence-corrected chi connectivity index (χ4v) is 2.06. The summed E-state index contributed by atoms with van der Waals surface area (Å²) >= 11 is 0. The van der Waals surface area contributed by atoms with Gasteiger partial charge in [-0.05, 0) is 18.2 Å². The first-order valence-electron chi connectivity index (χ1n) is 6.38. The summed E-state index contributed by atoms with van der Waals surface area (Å²) in [6.45, 7) is 0.933. The Bertz CT molecular complexity index is 482. The maximum Gasteiger partial charge on any atom is 0.251 e. The van der Waals surface area contributed by atoms with E-state index in [9.17, 15) is 9.90 Å². The molecule has 6 nitrogen and oxygen atoms in total. The number of hydrogen-bond acceptors (Lipinski definition) is 5. The third kappa shape index (κ3) is 3.20. The Kier molecular flexibility index (Phi) is 4.46. The fraction of sp³-hybridized carbons (Fsp3) is 0.500. The lowest BCUT2D eigenvalue weighted by Gasteiger charge is -2.20. The van der Waals surface area contributed by atoms with Gasteiger partial charge in [0.15, 0.2) is 11.5 Å². The molecular formula is C14H19NO5. The molecule has 1 aromatic carbocycles. The molecule has 1 aliphatic rings. The van der Waals surface area contributed by atoms with Crippen LogP contribution in [0.15, 0.2) is 18.2 Å². The molecule has 1 saturated heterocycles. The van der Waals surface area contributed by atoms with Crippen molar-refractivity contribution in [3.8, 4) is 11.5 Å². The largest absolute Gasteiger partial charge is 0.493 e. The maximum atomic E-state index is 12.1. The number of carbonyl (C=O) groups is 1. The van der Waals surface area contributed by atoms with Crippen molar-refractivity contribution in [1.29, 1.82) is 0 Å². The molecule has 0 aromatic heterocycles. The van der Waals surface area contributed by atoms with Crippen molar-refractivity contribution >= 4 is 5.91 Å². The second-order valence-electron chi connectivity index (χ2n) is 4.78. The molecule has 1 aliphatic heterocycles. The molecule has 110 valence electrons. The zero-order valence-corrected chi connectivity index (χ0v) is 11.6. The van der Waals surface area contributed by atoms with E-state index >= 15 is 0 Å². The van der Waals surface area contributed by atoms with Crippen molar-refractivity contribution in [1.82, 2.24) is 5.32 Å². The lowest BCUT2D eigenvalue weighted by Crippen LogP contribution is -2.43. The molecule has 0 spiro atoms. The van der Waals surface area contributed by atoms with E-state index < -0.39 is 5.60 Å². The van der Waals surface area contributed by atoms with Gasteiger partial charge in [0.1, 0.15) is 5.60 Å². The highest BCUT2D eigenvalue weighted by Gasteiger charge is 2.32. The number of rotatable bonds is 5. The summed E-state index contributed by atoms with van der Waals surface area (Å²) < 4.78 is 15.4. The summed E-state index contributed by atoms with van der Waals surface area (Å²) in [6.07, 6.45) is 0.527. The normalized spacial score (nSPS) is 21.6. The zero-order valence-electron chi connectivity index (χ0n) is 11.6. The predicted octanol–water partition coefficient (Wildman–Crippen LogP) is 0.585. The number of hydrogen-bond donors (Lipinski definition) is 2. The Morgan fingerprint density at radius 3 is 2.75 bits per heavy atom. The molecule has 0 bridgehead atoms. The van der Waals surface area contributed by atoms with Crippen LogP contribution >= 0.6 is 0 Å². The predicted molar refractivity (Wildman–Crippen MR) is 72.3 cm³/mol. The number of amides is 1. The average molecular weight is 281 g/mol. The van der Waals surface area contributed by atoms with Crippen LogP contribution in [0.2, 0.25) is 0 Å². The van der Waals surface area contributed by atoms with E-state index in [4.69, 9.17) is 14.2 Å². The van der Waals surface area contributed by atoms with Crippen molar-refractivity contribution in [3.63, 3.8) is 0 Å². The summed E-state index contributed by atoms with van der Waals surface area (Å²) in [7, 11) is 3.05. The monoisotopic (exact) mass is 281 g/mol. The fourth-order valence-electron chi connectivity index (χ4n) is 2.06. The van der Waals surface area contributed by atoms with Crippen molar-refractivity contribution in [2.45, 2.75) is 12.0 Å². The van der Waals surface area contributed by atoms with E-state index in [1.165, 1.54) is 14.2 Å². The lowest BCUT2D eigenvalue weighted by molar-refractivity contribution is 0.0264. The van der Waals surface area contributed by atoms with Crippen LogP contribution in [0.3, 0.4) is 0 Å². The number of aliphatic hydroxyl groups is 1. The topological polar surface area (TPSA) is 77.0 Å². The van der Waals surface area contributed by atoms with E-state index in [-0.39, 0.29) is 19.1 Å². The van der Waals surface area contributed by atoms with Crippen LogP contribution in [0.25, 0.3) is 0 Å². The van der Waals surface area contributed by atoms with Gasteiger partial charge in [-0.25, -0.2) is 0 Å². The van der Waals surface area contributed by atoms with Gasteiger partial charge in [0, 0.05) is 25.1 Å². The highest BCUT2D eigenvalue weighted by molar-refractivity contribution is 5.94. The quantitative estimate of drug-likeness (QED) is 0.826. The molecule has 1 aromatic rings. The highest BCUT2D eigenvalue weighted by Crippen LogP contribution is 2.27. The molecule has 1 fully saturated rings. The first-order valence-corrected chi connectivity index (χ1v) is 6.38. The molecule has 0 saturated carbocycles. The van der Waals surface area contributed by atoms with Crippen LogP contribution in [0.4, 0.5) is 0 Å². The maximum absolute atomic E-state index is 12.1. The van der Waals surface area contributed by atoms with E-state index in [0.29, 0.717) is 30.1 Å². The van der Waals surface area contributed by atoms with Gasteiger partial charge in [0.2, 0.25) is 0 Å². The Hall–Kier alpha value is -1.79. The van der Waals surface area contributed by atoms with Gasteiger partial charge in [-0.3, -0.25) is 4.79 Å². The molecule has 6 heteroatoms. The summed E-state index contributed by atoms with van der Waals surface area (Å²) in [5.41, 5.74) is -0.517. The zero-order chi connectivity index (χ0) is 14.6. The van der Waals surface area contributed by atoms with Crippen molar-refractivity contribution in [2.75, 3.05) is 34.0 Å². The SMILES string of the molecule is COc1ccc(C(=O)NCC2(O)CCOC2)cc1OC. The Balaban J connectivity index is 2.02. The third-order valence-electron chi connectivity index (χ3n) is 3.31. The molecule has 0 aliphatic carbocycles. The molecule has 1 atom stereocenters. The van der Waals surface area contributed by atoms with E-state index in [2.05, 4.69) is 5.32 Å². The minimum Gasteiger partial charge on any atom is -0.493 e. The first-order chi connectivity index (χ1) is 9.58. The van der Waals surface area contributed by atoms with Gasteiger partial charge in [0.25, 0.3) is 5.91 Å². The average Bonchev–Trinajstić information content (AvgIpc) is 2.91. The van der Waals surface area contributed by atoms with Crippen LogP contribution in [-0.4, -0.2) is 50.6 Å². The third-order valence-corrected chi connectivity index (χ3v) is 3.31. The van der Waals surface area contributed by atoms with Crippen molar-refractivity contribution < 1.29 is 24.1 Å². The second-order valence-corrected chi connectivity index (χ2v) is 4.78. The second kappa shape index (κ2) is 6.11. The van der Waals surface area contributed by atoms with Gasteiger partial charge < -0.3 is 24.6 Å². The molecule has 2 N–H and O–H groups in total. The summed E-state index contributed by atoms with van der Waals surface area (Å²) in [6, 6.07) is 4.91. The number of carbonyl (C=O) groups excluding carboxylic acids is 1. The molecule has 2 rings (SSSR count). The van der Waals surface area contributed by atoms with E-state index in [1.54, 1.807) is 18.2 Å². The lowest BCUT2D eigenvalue weighted by atomic mass is 10.0. The van der Waals surface area contributed by atoms with Crippen molar-refractivity contribution in [2.24, 2.45) is 0 Å². The number of ether oxygens (including phenoxy) is 3. The Morgan fingerprint density at radius 1 is 1.40 bits per heavy atom. The standard InChI is InChI=1S/C14H19NO5/c1-18-11-4-3-10(7-12(11)19-2)13(16)15-8-14(17)5-6-20-9-14/h3-4,7,17H,5-6,8-9H2,1-2H3,(H,15,16). The molecule has 20 heavy (non-hydrogen) atoms. The highest BCUT2D eigenvalue weighted by atomic mass is 16.5. The van der Waals surface area contributed by atoms with E-state index in [0.717, 1.165) is 0 Å². The number of benzene rings is 1. The van der Waals surface area contributed by atoms with Crippen LogP contribution in [0, 0.1) is 0 Å². The van der Waals surface area contributed by atoms with Gasteiger partial charge >= 0.3 is 0 Å². The summed E-state index contributed by atoms with van der Waals surface area (Å²) in [4.78, 5) is 12.1. The Labute approximate surface area is 117 Å². The van der Waals surface area contributed by atoms with Gasteiger partial charge in [-0.1, -0.05) is 0 Å². The van der Waals surface area contributed by atoms with Crippen LogP contribution in [0.1, 0.15) is 16.8 Å². The first kappa shape index (κ1) is 14.6. The summed E-state index contributed by atoms with van der Waals surface area (Å²) in [5, 5.41) is 12.8. The minimum absolute atomic E-state index is 0.167. The van der Waals surface area contributed by atoms with Crippen LogP contribution in [-0.2, 0) is 4.74 Å². The molecule has 1 heterocycles. The molecule has 1 amide bonds. The van der Waals surface area contributed by atoms with Gasteiger partial charge in [-0.2, -0.15) is 0 Å². The Morgan fingerprint density at radius 2 is 2.15 bits per heavy atom.